The lowest BCUT2D eigenvalue weighted by Gasteiger charge is -2.26. The second-order valence-electron chi connectivity index (χ2n) is 6.82. The van der Waals surface area contributed by atoms with Crippen LogP contribution in [0.15, 0.2) is 24.3 Å². The zero-order valence-electron chi connectivity index (χ0n) is 16.2. The lowest BCUT2D eigenvalue weighted by Crippen LogP contribution is -2.41. The number of rotatable bonds is 6. The van der Waals surface area contributed by atoms with Gasteiger partial charge in [-0.15, -0.1) is 0 Å². The van der Waals surface area contributed by atoms with Crippen LogP contribution in [0.3, 0.4) is 0 Å². The van der Waals surface area contributed by atoms with Gasteiger partial charge in [-0.25, -0.2) is 9.97 Å². The second-order valence-corrected chi connectivity index (χ2v) is 6.82. The van der Waals surface area contributed by atoms with Gasteiger partial charge in [0, 0.05) is 37.9 Å². The van der Waals surface area contributed by atoms with Crippen molar-refractivity contribution >= 4 is 17.4 Å². The Bertz CT molecular complexity index is 803. The van der Waals surface area contributed by atoms with Crippen LogP contribution in [-0.2, 0) is 4.74 Å². The number of nitrogens with zero attached hydrogens (tertiary/aromatic N) is 3. The Balaban J connectivity index is 1.61. The number of hydrogen-bond acceptors (Lipinski definition) is 6. The second kappa shape index (κ2) is 8.92. The summed E-state index contributed by atoms with van der Waals surface area (Å²) >= 11 is 0. The molecule has 3 rings (SSSR count). The van der Waals surface area contributed by atoms with E-state index in [1.807, 2.05) is 6.07 Å². The molecule has 7 heteroatoms. The van der Waals surface area contributed by atoms with Gasteiger partial charge in [-0.05, 0) is 44.0 Å². The van der Waals surface area contributed by atoms with Crippen molar-refractivity contribution in [3.8, 4) is 0 Å². The van der Waals surface area contributed by atoms with Gasteiger partial charge in [-0.2, -0.15) is 0 Å². The Kier molecular flexibility index (Phi) is 6.36. The Morgan fingerprint density at radius 1 is 1.11 bits per heavy atom. The number of carbonyl (C=O) groups excluding carboxylic acids is 1. The molecule has 2 heterocycles. The quantitative estimate of drug-likeness (QED) is 0.813. The standard InChI is InChI=1S/C20H27N5O2/c1-14-4-5-17(12-15(14)2)24-19-13-18(22-16(3)23-19)20(26)21-6-7-25-8-10-27-11-9-25/h4-5,12-13H,6-11H2,1-3H3,(H,21,26)(H,22,23,24). The minimum absolute atomic E-state index is 0.183. The highest BCUT2D eigenvalue weighted by atomic mass is 16.5. The van der Waals surface area contributed by atoms with Gasteiger partial charge in [0.2, 0.25) is 0 Å². The van der Waals surface area contributed by atoms with Crippen molar-refractivity contribution in [1.82, 2.24) is 20.2 Å². The van der Waals surface area contributed by atoms with E-state index in [-0.39, 0.29) is 5.91 Å². The topological polar surface area (TPSA) is 79.4 Å². The zero-order chi connectivity index (χ0) is 19.2. The summed E-state index contributed by atoms with van der Waals surface area (Å²) in [6.45, 7) is 10.7. The van der Waals surface area contributed by atoms with Gasteiger partial charge in [-0.1, -0.05) is 6.07 Å². The van der Waals surface area contributed by atoms with Crippen LogP contribution < -0.4 is 10.6 Å². The summed E-state index contributed by atoms with van der Waals surface area (Å²) in [5.41, 5.74) is 3.75. The van der Waals surface area contributed by atoms with Gasteiger partial charge in [0.1, 0.15) is 17.3 Å². The smallest absolute Gasteiger partial charge is 0.270 e. The summed E-state index contributed by atoms with van der Waals surface area (Å²) in [4.78, 5) is 23.4. The number of benzene rings is 1. The highest BCUT2D eigenvalue weighted by molar-refractivity contribution is 5.93. The molecule has 2 N–H and O–H groups in total. The van der Waals surface area contributed by atoms with Crippen molar-refractivity contribution in [2.24, 2.45) is 0 Å². The van der Waals surface area contributed by atoms with Crippen LogP contribution in [0.1, 0.15) is 27.4 Å². The van der Waals surface area contributed by atoms with Crippen LogP contribution in [0.4, 0.5) is 11.5 Å². The van der Waals surface area contributed by atoms with E-state index in [0.717, 1.165) is 38.5 Å². The SMILES string of the molecule is Cc1nc(Nc2ccc(C)c(C)c2)cc(C(=O)NCCN2CCOCC2)n1. The maximum absolute atomic E-state index is 12.5. The van der Waals surface area contributed by atoms with E-state index in [1.165, 1.54) is 11.1 Å². The van der Waals surface area contributed by atoms with Gasteiger partial charge in [0.15, 0.2) is 0 Å². The van der Waals surface area contributed by atoms with Crippen LogP contribution in [0.25, 0.3) is 0 Å². The number of carbonyl (C=O) groups is 1. The minimum Gasteiger partial charge on any atom is -0.379 e. The summed E-state index contributed by atoms with van der Waals surface area (Å²) in [6.07, 6.45) is 0. The third-order valence-corrected chi connectivity index (χ3v) is 4.67. The molecule has 144 valence electrons. The maximum Gasteiger partial charge on any atom is 0.270 e. The number of nitrogens with one attached hydrogen (secondary N) is 2. The molecule has 0 saturated carbocycles. The zero-order valence-corrected chi connectivity index (χ0v) is 16.2. The largest absolute Gasteiger partial charge is 0.379 e. The number of aromatic nitrogens is 2. The lowest BCUT2D eigenvalue weighted by molar-refractivity contribution is 0.0383. The number of hydrogen-bond donors (Lipinski definition) is 2. The van der Waals surface area contributed by atoms with E-state index in [1.54, 1.807) is 13.0 Å². The van der Waals surface area contributed by atoms with Gasteiger partial charge in [0.25, 0.3) is 5.91 Å². The first-order valence-corrected chi connectivity index (χ1v) is 9.29. The summed E-state index contributed by atoms with van der Waals surface area (Å²) in [5, 5.41) is 6.20. The first kappa shape index (κ1) is 19.3. The summed E-state index contributed by atoms with van der Waals surface area (Å²) in [7, 11) is 0. The molecule has 2 aromatic rings. The van der Waals surface area contributed by atoms with E-state index >= 15 is 0 Å². The van der Waals surface area contributed by atoms with E-state index in [4.69, 9.17) is 4.74 Å². The normalized spacial score (nSPS) is 14.8. The molecule has 7 nitrogen and oxygen atoms in total. The predicted molar refractivity (Wildman–Crippen MR) is 106 cm³/mol. The summed E-state index contributed by atoms with van der Waals surface area (Å²) < 4.78 is 5.33. The molecule has 0 atom stereocenters. The maximum atomic E-state index is 12.5. The van der Waals surface area contributed by atoms with Crippen LogP contribution >= 0.6 is 0 Å². The highest BCUT2D eigenvalue weighted by Gasteiger charge is 2.13. The Labute approximate surface area is 160 Å². The molecular formula is C20H27N5O2. The molecular weight excluding hydrogens is 342 g/mol. The third kappa shape index (κ3) is 5.48. The van der Waals surface area contributed by atoms with Gasteiger partial charge >= 0.3 is 0 Å². The average Bonchev–Trinajstić information content (AvgIpc) is 2.65. The first-order chi connectivity index (χ1) is 13.0. The Hall–Kier alpha value is -2.51. The summed E-state index contributed by atoms with van der Waals surface area (Å²) in [6, 6.07) is 7.81. The van der Waals surface area contributed by atoms with Crippen molar-refractivity contribution in [3.63, 3.8) is 0 Å². The van der Waals surface area contributed by atoms with Gasteiger partial charge < -0.3 is 15.4 Å². The molecule has 1 saturated heterocycles. The van der Waals surface area contributed by atoms with Crippen LogP contribution in [0, 0.1) is 20.8 Å². The van der Waals surface area contributed by atoms with Crippen LogP contribution in [-0.4, -0.2) is 60.2 Å². The molecule has 0 bridgehead atoms. The van der Waals surface area contributed by atoms with Crippen molar-refractivity contribution in [1.29, 1.82) is 0 Å². The molecule has 0 spiro atoms. The molecule has 0 aliphatic carbocycles. The van der Waals surface area contributed by atoms with Crippen LogP contribution in [0.2, 0.25) is 0 Å². The van der Waals surface area contributed by atoms with Gasteiger partial charge in [0.05, 0.1) is 13.2 Å². The number of amides is 1. The fourth-order valence-corrected chi connectivity index (χ4v) is 2.96. The van der Waals surface area contributed by atoms with Gasteiger partial charge in [-0.3, -0.25) is 9.69 Å². The molecule has 0 unspecified atom stereocenters. The molecule has 1 aromatic carbocycles. The van der Waals surface area contributed by atoms with E-state index in [2.05, 4.69) is 51.5 Å². The molecule has 1 aliphatic rings. The van der Waals surface area contributed by atoms with Crippen molar-refractivity contribution in [2.75, 3.05) is 44.7 Å². The first-order valence-electron chi connectivity index (χ1n) is 9.29. The molecule has 1 aromatic heterocycles. The summed E-state index contributed by atoms with van der Waals surface area (Å²) in [5.74, 6) is 0.989. The monoisotopic (exact) mass is 369 g/mol. The van der Waals surface area contributed by atoms with Crippen LogP contribution in [0.5, 0.6) is 0 Å². The predicted octanol–water partition coefficient (Wildman–Crippen LogP) is 2.21. The number of ether oxygens (including phenoxy) is 1. The third-order valence-electron chi connectivity index (χ3n) is 4.67. The van der Waals surface area contributed by atoms with E-state index < -0.39 is 0 Å². The lowest BCUT2D eigenvalue weighted by atomic mass is 10.1. The number of morpholine rings is 1. The average molecular weight is 369 g/mol. The fourth-order valence-electron chi connectivity index (χ4n) is 2.96. The molecule has 1 amide bonds. The molecule has 27 heavy (non-hydrogen) atoms. The van der Waals surface area contributed by atoms with Crippen molar-refractivity contribution < 1.29 is 9.53 Å². The minimum atomic E-state index is -0.183. The molecule has 1 fully saturated rings. The van der Waals surface area contributed by atoms with E-state index in [0.29, 0.717) is 23.9 Å². The van der Waals surface area contributed by atoms with Crippen molar-refractivity contribution in [2.45, 2.75) is 20.8 Å². The number of aryl methyl sites for hydroxylation is 3. The Morgan fingerprint density at radius 3 is 2.63 bits per heavy atom. The Morgan fingerprint density at radius 2 is 1.89 bits per heavy atom. The van der Waals surface area contributed by atoms with Crippen molar-refractivity contribution in [3.05, 3.63) is 46.9 Å². The molecule has 1 aliphatic heterocycles. The number of anilines is 2. The van der Waals surface area contributed by atoms with E-state index in [9.17, 15) is 4.79 Å². The molecule has 0 radical (unpaired) electrons. The fraction of sp³-hybridized carbons (Fsp3) is 0.450. The highest BCUT2D eigenvalue weighted by Crippen LogP contribution is 2.19.